The van der Waals surface area contributed by atoms with Gasteiger partial charge in [-0.2, -0.15) is 0 Å². The van der Waals surface area contributed by atoms with Gasteiger partial charge < -0.3 is 11.1 Å². The lowest BCUT2D eigenvalue weighted by molar-refractivity contribution is -0.126. The van der Waals surface area contributed by atoms with Crippen molar-refractivity contribution in [3.05, 3.63) is 29.3 Å². The molecule has 0 bridgehead atoms. The van der Waals surface area contributed by atoms with E-state index in [1.54, 1.807) is 0 Å². The van der Waals surface area contributed by atoms with Crippen molar-refractivity contribution in [1.29, 1.82) is 0 Å². The number of hydrogen-bond donors (Lipinski definition) is 2. The van der Waals surface area contributed by atoms with E-state index in [0.717, 1.165) is 37.8 Å². The van der Waals surface area contributed by atoms with E-state index in [4.69, 9.17) is 5.73 Å². The highest BCUT2D eigenvalue weighted by atomic mass is 16.2. The Hall–Kier alpha value is -1.35. The molecule has 1 amide bonds. The summed E-state index contributed by atoms with van der Waals surface area (Å²) in [6, 6.07) is 6.34. The minimum Gasteiger partial charge on any atom is -0.329 e. The van der Waals surface area contributed by atoms with Crippen molar-refractivity contribution in [3.8, 4) is 0 Å². The molecule has 1 fully saturated rings. The van der Waals surface area contributed by atoms with Crippen LogP contribution in [0.3, 0.4) is 0 Å². The lowest BCUT2D eigenvalue weighted by Crippen LogP contribution is -2.43. The number of fused-ring (bicyclic) bond motifs is 1. The predicted molar refractivity (Wildman–Crippen MR) is 81.7 cm³/mol. The molecular formula is C17H24N2O. The zero-order chi connectivity index (χ0) is 14.0. The maximum Gasteiger partial charge on any atom is 0.231 e. The van der Waals surface area contributed by atoms with E-state index < -0.39 is 0 Å². The number of carbonyl (C=O) groups is 1. The van der Waals surface area contributed by atoms with Gasteiger partial charge in [-0.1, -0.05) is 25.3 Å². The highest BCUT2D eigenvalue weighted by molar-refractivity contribution is 5.95. The van der Waals surface area contributed by atoms with Gasteiger partial charge in [-0.3, -0.25) is 4.79 Å². The molecule has 108 valence electrons. The lowest BCUT2D eigenvalue weighted by Gasteiger charge is -2.34. The van der Waals surface area contributed by atoms with Gasteiger partial charge in [0, 0.05) is 12.2 Å². The van der Waals surface area contributed by atoms with Crippen molar-refractivity contribution in [1.82, 2.24) is 0 Å². The van der Waals surface area contributed by atoms with Crippen molar-refractivity contribution < 1.29 is 4.79 Å². The second kappa shape index (κ2) is 5.57. The number of benzene rings is 1. The largest absolute Gasteiger partial charge is 0.329 e. The highest BCUT2D eigenvalue weighted by Crippen LogP contribution is 2.36. The van der Waals surface area contributed by atoms with Gasteiger partial charge in [0.2, 0.25) is 5.91 Å². The lowest BCUT2D eigenvalue weighted by atomic mass is 9.73. The van der Waals surface area contributed by atoms with Crippen LogP contribution in [0.1, 0.15) is 49.7 Å². The summed E-state index contributed by atoms with van der Waals surface area (Å²) in [6.45, 7) is 0.462. The normalized spacial score (nSPS) is 20.4. The van der Waals surface area contributed by atoms with Crippen LogP contribution in [0.25, 0.3) is 0 Å². The van der Waals surface area contributed by atoms with Crippen molar-refractivity contribution in [2.75, 3.05) is 11.9 Å². The zero-order valence-corrected chi connectivity index (χ0v) is 12.1. The Morgan fingerprint density at radius 1 is 1.10 bits per heavy atom. The van der Waals surface area contributed by atoms with E-state index in [0.29, 0.717) is 6.54 Å². The Balaban J connectivity index is 1.74. The summed E-state index contributed by atoms with van der Waals surface area (Å²) in [5.41, 5.74) is 9.36. The molecule has 1 aromatic carbocycles. The molecule has 0 radical (unpaired) electrons. The Morgan fingerprint density at radius 3 is 2.60 bits per heavy atom. The van der Waals surface area contributed by atoms with Crippen LogP contribution in [-0.4, -0.2) is 12.5 Å². The highest BCUT2D eigenvalue weighted by Gasteiger charge is 2.38. The van der Waals surface area contributed by atoms with Crippen LogP contribution in [0.2, 0.25) is 0 Å². The van der Waals surface area contributed by atoms with E-state index in [2.05, 4.69) is 17.4 Å². The minimum absolute atomic E-state index is 0.123. The number of nitrogens with one attached hydrogen (secondary N) is 1. The van der Waals surface area contributed by atoms with Crippen LogP contribution in [0.15, 0.2) is 18.2 Å². The Kier molecular flexibility index (Phi) is 3.79. The van der Waals surface area contributed by atoms with Crippen LogP contribution in [0.5, 0.6) is 0 Å². The summed E-state index contributed by atoms with van der Waals surface area (Å²) in [4.78, 5) is 12.6. The predicted octanol–water partition coefficient (Wildman–Crippen LogP) is 3.02. The molecule has 1 saturated carbocycles. The molecular weight excluding hydrogens is 248 g/mol. The molecule has 2 aliphatic rings. The van der Waals surface area contributed by atoms with Gasteiger partial charge in [-0.25, -0.2) is 0 Å². The van der Waals surface area contributed by atoms with Gasteiger partial charge >= 0.3 is 0 Å². The Labute approximate surface area is 120 Å². The Bertz CT molecular complexity index is 504. The smallest absolute Gasteiger partial charge is 0.231 e. The summed E-state index contributed by atoms with van der Waals surface area (Å²) in [7, 11) is 0. The summed E-state index contributed by atoms with van der Waals surface area (Å²) < 4.78 is 0. The molecule has 3 N–H and O–H groups in total. The quantitative estimate of drug-likeness (QED) is 0.888. The number of nitrogens with two attached hydrogens (primary N) is 1. The van der Waals surface area contributed by atoms with E-state index >= 15 is 0 Å². The molecule has 0 spiro atoms. The first kappa shape index (κ1) is 13.6. The Morgan fingerprint density at radius 2 is 1.85 bits per heavy atom. The molecule has 2 aliphatic carbocycles. The average Bonchev–Trinajstić information content (AvgIpc) is 2.95. The third kappa shape index (κ3) is 2.47. The van der Waals surface area contributed by atoms with Crippen molar-refractivity contribution in [2.24, 2.45) is 11.1 Å². The summed E-state index contributed by atoms with van der Waals surface area (Å²) in [6.07, 6.45) is 8.88. The van der Waals surface area contributed by atoms with Gasteiger partial charge in [0.05, 0.1) is 5.41 Å². The van der Waals surface area contributed by atoms with Crippen molar-refractivity contribution in [2.45, 2.75) is 51.4 Å². The standard InChI is InChI=1S/C17H24N2O/c18-12-17(9-2-1-3-10-17)16(20)19-15-8-7-13-5-4-6-14(13)11-15/h7-8,11H,1-6,9-10,12,18H2,(H,19,20). The van der Waals surface area contributed by atoms with E-state index in [-0.39, 0.29) is 11.3 Å². The summed E-state index contributed by atoms with van der Waals surface area (Å²) in [5.74, 6) is 0.123. The topological polar surface area (TPSA) is 55.1 Å². The van der Waals surface area contributed by atoms with Crippen LogP contribution < -0.4 is 11.1 Å². The molecule has 3 rings (SSSR count). The molecule has 0 unspecified atom stereocenters. The van der Waals surface area contributed by atoms with Crippen LogP contribution >= 0.6 is 0 Å². The van der Waals surface area contributed by atoms with Crippen LogP contribution in [0, 0.1) is 5.41 Å². The monoisotopic (exact) mass is 272 g/mol. The first-order valence-electron chi connectivity index (χ1n) is 7.87. The van der Waals surface area contributed by atoms with Gasteiger partial charge in [0.25, 0.3) is 0 Å². The molecule has 3 heteroatoms. The number of aryl methyl sites for hydroxylation is 2. The molecule has 0 saturated heterocycles. The maximum atomic E-state index is 12.6. The average molecular weight is 272 g/mol. The molecule has 20 heavy (non-hydrogen) atoms. The fraction of sp³-hybridized carbons (Fsp3) is 0.588. The molecule has 0 aliphatic heterocycles. The zero-order valence-electron chi connectivity index (χ0n) is 12.1. The van der Waals surface area contributed by atoms with E-state index in [1.165, 1.54) is 30.4 Å². The second-order valence-corrected chi connectivity index (χ2v) is 6.34. The van der Waals surface area contributed by atoms with Gasteiger partial charge in [-0.05, 0) is 55.4 Å². The van der Waals surface area contributed by atoms with Crippen LogP contribution in [-0.2, 0) is 17.6 Å². The molecule has 0 atom stereocenters. The fourth-order valence-corrected chi connectivity index (χ4v) is 3.67. The number of amides is 1. The van der Waals surface area contributed by atoms with E-state index in [1.807, 2.05) is 6.07 Å². The van der Waals surface area contributed by atoms with E-state index in [9.17, 15) is 4.79 Å². The second-order valence-electron chi connectivity index (χ2n) is 6.34. The summed E-state index contributed by atoms with van der Waals surface area (Å²) in [5, 5.41) is 3.11. The molecule has 0 aromatic heterocycles. The third-order valence-corrected chi connectivity index (χ3v) is 5.04. The molecule has 1 aromatic rings. The fourth-order valence-electron chi connectivity index (χ4n) is 3.67. The number of anilines is 1. The van der Waals surface area contributed by atoms with Crippen molar-refractivity contribution >= 4 is 11.6 Å². The van der Waals surface area contributed by atoms with Gasteiger partial charge in [0.15, 0.2) is 0 Å². The first-order chi connectivity index (χ1) is 9.73. The van der Waals surface area contributed by atoms with Crippen LogP contribution in [0.4, 0.5) is 5.69 Å². The minimum atomic E-state index is -0.336. The third-order valence-electron chi connectivity index (χ3n) is 5.04. The molecule has 3 nitrogen and oxygen atoms in total. The van der Waals surface area contributed by atoms with Gasteiger partial charge in [-0.15, -0.1) is 0 Å². The maximum absolute atomic E-state index is 12.6. The SMILES string of the molecule is NCC1(C(=O)Nc2ccc3c(c2)CCC3)CCCCC1. The van der Waals surface area contributed by atoms with Gasteiger partial charge in [0.1, 0.15) is 0 Å². The summed E-state index contributed by atoms with van der Waals surface area (Å²) >= 11 is 0. The number of carbonyl (C=O) groups excluding carboxylic acids is 1. The first-order valence-corrected chi connectivity index (χ1v) is 7.87. The number of hydrogen-bond acceptors (Lipinski definition) is 2. The molecule has 0 heterocycles. The van der Waals surface area contributed by atoms with Crippen molar-refractivity contribution in [3.63, 3.8) is 0 Å². The number of rotatable bonds is 3.